The molecule has 0 aromatic rings. The number of amidine groups is 1. The van der Waals surface area contributed by atoms with E-state index in [1.54, 1.807) is 0 Å². The fraction of sp³-hybridized carbons (Fsp3) is 0.944. The Morgan fingerprint density at radius 1 is 1.14 bits per heavy atom. The highest BCUT2D eigenvalue weighted by molar-refractivity contribution is 8.14. The molecular weight excluding hydrogens is 276 g/mol. The molecule has 5 rings (SSSR count). The molecule has 118 valence electrons. The van der Waals surface area contributed by atoms with E-state index in [1.165, 1.54) is 56.5 Å². The van der Waals surface area contributed by atoms with Crippen molar-refractivity contribution in [2.45, 2.75) is 82.9 Å². The maximum atomic E-state index is 4.83. The van der Waals surface area contributed by atoms with Gasteiger partial charge in [0.15, 0.2) is 5.17 Å². The SMILES string of the molecule is CCCC1CN=C(NC23CC4CC(C)(CC(C)(C4)C2)C3)S1. The predicted molar refractivity (Wildman–Crippen MR) is 91.9 cm³/mol. The van der Waals surface area contributed by atoms with Crippen LogP contribution in [0.5, 0.6) is 0 Å². The van der Waals surface area contributed by atoms with Crippen molar-refractivity contribution in [1.29, 1.82) is 0 Å². The van der Waals surface area contributed by atoms with Gasteiger partial charge in [0.2, 0.25) is 0 Å². The number of hydrogen-bond acceptors (Lipinski definition) is 3. The zero-order valence-corrected chi connectivity index (χ0v) is 14.7. The molecule has 4 fully saturated rings. The second-order valence-electron chi connectivity index (χ2n) is 9.21. The zero-order valence-electron chi connectivity index (χ0n) is 13.9. The highest BCUT2D eigenvalue weighted by atomic mass is 32.2. The van der Waals surface area contributed by atoms with E-state index < -0.39 is 0 Å². The van der Waals surface area contributed by atoms with Crippen molar-refractivity contribution in [2.75, 3.05) is 6.54 Å². The Labute approximate surface area is 133 Å². The fourth-order valence-electron chi connectivity index (χ4n) is 6.77. The van der Waals surface area contributed by atoms with Crippen LogP contribution in [0.3, 0.4) is 0 Å². The fourth-order valence-corrected chi connectivity index (χ4v) is 8.02. The minimum absolute atomic E-state index is 0.371. The van der Waals surface area contributed by atoms with E-state index in [-0.39, 0.29) is 0 Å². The van der Waals surface area contributed by atoms with Crippen molar-refractivity contribution in [3.63, 3.8) is 0 Å². The molecule has 1 aliphatic heterocycles. The van der Waals surface area contributed by atoms with Crippen molar-refractivity contribution in [1.82, 2.24) is 5.32 Å². The second-order valence-corrected chi connectivity index (χ2v) is 10.5. The normalized spacial score (nSPS) is 51.3. The molecule has 0 saturated heterocycles. The number of aliphatic imine (C=N–C) groups is 1. The quantitative estimate of drug-likeness (QED) is 0.824. The average Bonchev–Trinajstić information content (AvgIpc) is 2.71. The Kier molecular flexibility index (Phi) is 3.20. The van der Waals surface area contributed by atoms with Crippen molar-refractivity contribution >= 4 is 16.9 Å². The van der Waals surface area contributed by atoms with E-state index >= 15 is 0 Å². The first kappa shape index (κ1) is 14.4. The Morgan fingerprint density at radius 2 is 1.86 bits per heavy atom. The number of hydrogen-bond donors (Lipinski definition) is 1. The zero-order chi connectivity index (χ0) is 14.7. The van der Waals surface area contributed by atoms with Crippen molar-refractivity contribution in [2.24, 2.45) is 21.7 Å². The predicted octanol–water partition coefficient (Wildman–Crippen LogP) is 4.60. The Morgan fingerprint density at radius 3 is 2.48 bits per heavy atom. The molecule has 0 radical (unpaired) electrons. The molecule has 4 saturated carbocycles. The van der Waals surface area contributed by atoms with Crippen LogP contribution in [0.2, 0.25) is 0 Å². The molecule has 0 spiro atoms. The molecule has 3 atom stereocenters. The third-order valence-electron chi connectivity index (χ3n) is 6.33. The van der Waals surface area contributed by atoms with Crippen LogP contribution in [0.15, 0.2) is 4.99 Å². The lowest BCUT2D eigenvalue weighted by Crippen LogP contribution is -2.64. The summed E-state index contributed by atoms with van der Waals surface area (Å²) < 4.78 is 0. The van der Waals surface area contributed by atoms with Gasteiger partial charge in [0.1, 0.15) is 0 Å². The van der Waals surface area contributed by atoms with Gasteiger partial charge in [-0.3, -0.25) is 4.99 Å². The molecule has 1 heterocycles. The monoisotopic (exact) mass is 306 g/mol. The minimum atomic E-state index is 0.371. The largest absolute Gasteiger partial charge is 0.359 e. The molecule has 0 aromatic heterocycles. The van der Waals surface area contributed by atoms with Crippen molar-refractivity contribution in [3.8, 4) is 0 Å². The first-order valence-corrected chi connectivity index (χ1v) is 9.79. The topological polar surface area (TPSA) is 24.4 Å². The molecule has 0 amide bonds. The van der Waals surface area contributed by atoms with Crippen LogP contribution in [-0.2, 0) is 0 Å². The number of rotatable bonds is 3. The van der Waals surface area contributed by atoms with Crippen LogP contribution >= 0.6 is 11.8 Å². The molecule has 5 aliphatic rings. The lowest BCUT2D eigenvalue weighted by molar-refractivity contribution is -0.111. The third kappa shape index (κ3) is 2.54. The van der Waals surface area contributed by atoms with Gasteiger partial charge in [-0.25, -0.2) is 0 Å². The summed E-state index contributed by atoms with van der Waals surface area (Å²) in [6.45, 7) is 8.42. The van der Waals surface area contributed by atoms with Gasteiger partial charge in [0.05, 0.1) is 6.54 Å². The molecule has 1 N–H and O–H groups in total. The Bertz CT molecular complexity index is 454. The lowest BCUT2D eigenvalue weighted by atomic mass is 9.43. The lowest BCUT2D eigenvalue weighted by Gasteiger charge is -2.65. The van der Waals surface area contributed by atoms with Gasteiger partial charge < -0.3 is 5.32 Å². The Balaban J connectivity index is 1.50. The molecule has 4 bridgehead atoms. The summed E-state index contributed by atoms with van der Waals surface area (Å²) in [5, 5.41) is 5.98. The van der Waals surface area contributed by atoms with E-state index in [0.717, 1.165) is 17.7 Å². The summed E-state index contributed by atoms with van der Waals surface area (Å²) in [4.78, 5) is 4.83. The summed E-state index contributed by atoms with van der Waals surface area (Å²) in [5.74, 6) is 0.960. The van der Waals surface area contributed by atoms with Crippen LogP contribution in [0.25, 0.3) is 0 Å². The van der Waals surface area contributed by atoms with E-state index in [1.807, 2.05) is 11.8 Å². The maximum Gasteiger partial charge on any atom is 0.157 e. The van der Waals surface area contributed by atoms with E-state index in [9.17, 15) is 0 Å². The summed E-state index contributed by atoms with van der Waals surface area (Å²) >= 11 is 2.02. The highest BCUT2D eigenvalue weighted by Gasteiger charge is 2.60. The molecule has 0 aromatic carbocycles. The molecule has 3 heteroatoms. The first-order valence-electron chi connectivity index (χ1n) is 8.91. The standard InChI is InChI=1S/C18H30N2S/c1-4-5-14-9-19-15(21-14)20-18-8-13-6-16(2,11-18)10-17(3,7-13)12-18/h13-14H,4-12H2,1-3H3,(H,19,20). The summed E-state index contributed by atoms with van der Waals surface area (Å²) in [5.41, 5.74) is 1.55. The van der Waals surface area contributed by atoms with Crippen LogP contribution in [-0.4, -0.2) is 22.5 Å². The van der Waals surface area contributed by atoms with Crippen LogP contribution < -0.4 is 5.32 Å². The molecule has 21 heavy (non-hydrogen) atoms. The minimum Gasteiger partial charge on any atom is -0.359 e. The van der Waals surface area contributed by atoms with Crippen LogP contribution in [0.1, 0.15) is 72.1 Å². The number of nitrogens with one attached hydrogen (secondary N) is 1. The number of thioether (sulfide) groups is 1. The van der Waals surface area contributed by atoms with Gasteiger partial charge >= 0.3 is 0 Å². The van der Waals surface area contributed by atoms with Gasteiger partial charge in [-0.2, -0.15) is 0 Å². The van der Waals surface area contributed by atoms with E-state index in [0.29, 0.717) is 16.4 Å². The van der Waals surface area contributed by atoms with Gasteiger partial charge in [0.25, 0.3) is 0 Å². The highest BCUT2D eigenvalue weighted by Crippen LogP contribution is 2.66. The van der Waals surface area contributed by atoms with Gasteiger partial charge in [0, 0.05) is 10.8 Å². The second kappa shape index (κ2) is 4.66. The molecule has 4 aliphatic carbocycles. The summed E-state index contributed by atoms with van der Waals surface area (Å²) in [6.07, 6.45) is 11.2. The Hall–Kier alpha value is -0.180. The molecular formula is C18H30N2S. The van der Waals surface area contributed by atoms with Crippen LogP contribution in [0.4, 0.5) is 0 Å². The smallest absolute Gasteiger partial charge is 0.157 e. The van der Waals surface area contributed by atoms with Crippen molar-refractivity contribution in [3.05, 3.63) is 0 Å². The van der Waals surface area contributed by atoms with E-state index in [2.05, 4.69) is 26.1 Å². The third-order valence-corrected chi connectivity index (χ3v) is 7.50. The van der Waals surface area contributed by atoms with Gasteiger partial charge in [-0.15, -0.1) is 0 Å². The first-order chi connectivity index (χ1) is 9.92. The number of nitrogens with zero attached hydrogens (tertiary/aromatic N) is 1. The summed E-state index contributed by atoms with van der Waals surface area (Å²) in [7, 11) is 0. The molecule has 2 nitrogen and oxygen atoms in total. The average molecular weight is 307 g/mol. The van der Waals surface area contributed by atoms with Gasteiger partial charge in [-0.05, 0) is 61.7 Å². The van der Waals surface area contributed by atoms with E-state index in [4.69, 9.17) is 4.99 Å². The van der Waals surface area contributed by atoms with Gasteiger partial charge in [-0.1, -0.05) is 39.0 Å². The summed E-state index contributed by atoms with van der Waals surface area (Å²) in [6, 6.07) is 0. The maximum absolute atomic E-state index is 4.83. The van der Waals surface area contributed by atoms with Crippen molar-refractivity contribution < 1.29 is 0 Å². The molecule has 3 unspecified atom stereocenters. The van der Waals surface area contributed by atoms with Crippen LogP contribution in [0, 0.1) is 16.7 Å².